The smallest absolute Gasteiger partial charge is 0.338 e. The number of nitrogens with zero attached hydrogens (tertiary/aromatic N) is 3. The molecule has 2 aromatic carbocycles. The summed E-state index contributed by atoms with van der Waals surface area (Å²) in [5, 5.41) is 0.419. The van der Waals surface area contributed by atoms with Gasteiger partial charge in [0.1, 0.15) is 6.04 Å². The van der Waals surface area contributed by atoms with E-state index in [1.54, 1.807) is 61.2 Å². The maximum atomic E-state index is 13.9. The van der Waals surface area contributed by atoms with E-state index < -0.39 is 12.0 Å². The molecule has 0 unspecified atom stereocenters. The van der Waals surface area contributed by atoms with Gasteiger partial charge in [0.2, 0.25) is 0 Å². The largest absolute Gasteiger partial charge is 0.490 e. The van der Waals surface area contributed by atoms with Crippen LogP contribution < -0.4 is 24.4 Å². The van der Waals surface area contributed by atoms with Crippen LogP contribution in [0.15, 0.2) is 63.5 Å². The van der Waals surface area contributed by atoms with Gasteiger partial charge in [-0.25, -0.2) is 9.79 Å². The first kappa shape index (κ1) is 30.5. The average Bonchev–Trinajstić information content (AvgIpc) is 3.30. The van der Waals surface area contributed by atoms with Gasteiger partial charge in [0.15, 0.2) is 22.9 Å². The normalized spacial score (nSPS) is 16.9. The number of carbonyl (C=O) groups excluding carboxylic acids is 2. The number of hydrogen-bond acceptors (Lipinski definition) is 9. The van der Waals surface area contributed by atoms with Crippen LogP contribution in [-0.4, -0.2) is 67.5 Å². The standard InChI is InChI=1S/C31H32ClN3O7S/c1-4-40-24-16-20(10-11-23(24)42-18-26(36)34-12-14-39-15-13-34)17-25-29(37)35-28(21-8-6-7-9-22(21)32)27(30(38)41-5-2)19(3)33-31(35)43-25/h6-11,16-17,28H,4-5,12-15,18H2,1-3H3/b25-17+/t28-/m0/s1. The zero-order chi connectivity index (χ0) is 30.5. The first-order valence-electron chi connectivity index (χ1n) is 14.0. The Kier molecular flexibility index (Phi) is 9.64. The quantitative estimate of drug-likeness (QED) is 0.336. The van der Waals surface area contributed by atoms with Gasteiger partial charge in [-0.1, -0.05) is 47.2 Å². The number of allylic oxidation sites excluding steroid dienone is 1. The molecule has 3 aromatic rings. The zero-order valence-electron chi connectivity index (χ0n) is 24.1. The molecule has 2 aliphatic rings. The van der Waals surface area contributed by atoms with Gasteiger partial charge < -0.3 is 23.8 Å². The zero-order valence-corrected chi connectivity index (χ0v) is 25.7. The molecule has 1 atom stereocenters. The number of rotatable bonds is 9. The Hall–Kier alpha value is -3.93. The molecule has 1 saturated heterocycles. The predicted octanol–water partition coefficient (Wildman–Crippen LogP) is 3.09. The van der Waals surface area contributed by atoms with Crippen LogP contribution in [0.1, 0.15) is 37.9 Å². The molecule has 0 radical (unpaired) electrons. The highest BCUT2D eigenvalue weighted by Crippen LogP contribution is 2.34. The van der Waals surface area contributed by atoms with Gasteiger partial charge in [-0.05, 0) is 56.2 Å². The summed E-state index contributed by atoms with van der Waals surface area (Å²) >= 11 is 7.79. The molecular weight excluding hydrogens is 594 g/mol. The molecule has 10 nitrogen and oxygen atoms in total. The van der Waals surface area contributed by atoms with Crippen LogP contribution >= 0.6 is 22.9 Å². The van der Waals surface area contributed by atoms with Crippen molar-refractivity contribution in [1.29, 1.82) is 0 Å². The molecule has 0 N–H and O–H groups in total. The van der Waals surface area contributed by atoms with Crippen molar-refractivity contribution in [2.24, 2.45) is 4.99 Å². The molecule has 5 rings (SSSR count). The third kappa shape index (κ3) is 6.53. The monoisotopic (exact) mass is 625 g/mol. The van der Waals surface area contributed by atoms with Crippen molar-refractivity contribution >= 4 is 40.9 Å². The van der Waals surface area contributed by atoms with Crippen molar-refractivity contribution < 1.29 is 28.5 Å². The number of hydrogen-bond donors (Lipinski definition) is 0. The Labute approximate surface area is 257 Å². The third-order valence-electron chi connectivity index (χ3n) is 7.00. The Morgan fingerprint density at radius 3 is 2.58 bits per heavy atom. The molecule has 226 valence electrons. The summed E-state index contributed by atoms with van der Waals surface area (Å²) < 4.78 is 24.2. The maximum absolute atomic E-state index is 13.9. The molecule has 43 heavy (non-hydrogen) atoms. The Morgan fingerprint density at radius 2 is 1.86 bits per heavy atom. The minimum absolute atomic E-state index is 0.123. The van der Waals surface area contributed by atoms with Gasteiger partial charge in [0.05, 0.1) is 42.2 Å². The summed E-state index contributed by atoms with van der Waals surface area (Å²) in [7, 11) is 0. The van der Waals surface area contributed by atoms with Gasteiger partial charge in [-0.3, -0.25) is 14.2 Å². The van der Waals surface area contributed by atoms with Gasteiger partial charge >= 0.3 is 5.97 Å². The van der Waals surface area contributed by atoms with Crippen molar-refractivity contribution in [2.45, 2.75) is 26.8 Å². The second kappa shape index (κ2) is 13.6. The third-order valence-corrected chi connectivity index (χ3v) is 8.32. The molecule has 1 amide bonds. The van der Waals surface area contributed by atoms with Gasteiger partial charge in [0.25, 0.3) is 11.5 Å². The number of thiazole rings is 1. The predicted molar refractivity (Wildman–Crippen MR) is 162 cm³/mol. The lowest BCUT2D eigenvalue weighted by molar-refractivity contribution is -0.139. The molecule has 0 aliphatic carbocycles. The molecule has 2 aliphatic heterocycles. The molecular formula is C31H32ClN3O7S. The fraction of sp³-hybridized carbons (Fsp3) is 0.355. The minimum atomic E-state index is -0.801. The van der Waals surface area contributed by atoms with Crippen molar-refractivity contribution in [2.75, 3.05) is 46.1 Å². The van der Waals surface area contributed by atoms with E-state index in [1.165, 1.54) is 15.9 Å². The van der Waals surface area contributed by atoms with Crippen molar-refractivity contribution in [1.82, 2.24) is 9.47 Å². The number of halogens is 1. The van der Waals surface area contributed by atoms with Crippen LogP contribution in [0, 0.1) is 0 Å². The highest BCUT2D eigenvalue weighted by molar-refractivity contribution is 7.07. The summed E-state index contributed by atoms with van der Waals surface area (Å²) in [6.45, 7) is 7.84. The number of morpholine rings is 1. The SMILES string of the molecule is CCOC(=O)C1=C(C)N=c2s/c(=C/c3ccc(OCC(=O)N4CCOCC4)c(OCC)c3)c(=O)n2[C@H]1c1ccccc1Cl. The molecule has 0 saturated carbocycles. The second-order valence-corrected chi connectivity index (χ2v) is 11.2. The molecule has 0 bridgehead atoms. The van der Waals surface area contributed by atoms with Crippen LogP contribution in [0.2, 0.25) is 5.02 Å². The minimum Gasteiger partial charge on any atom is -0.490 e. The lowest BCUT2D eigenvalue weighted by Gasteiger charge is -2.26. The van der Waals surface area contributed by atoms with Crippen molar-refractivity contribution in [3.63, 3.8) is 0 Å². The summed E-state index contributed by atoms with van der Waals surface area (Å²) in [4.78, 5) is 46.3. The van der Waals surface area contributed by atoms with E-state index in [2.05, 4.69) is 4.99 Å². The molecule has 3 heterocycles. The van der Waals surface area contributed by atoms with Crippen LogP contribution in [0.25, 0.3) is 6.08 Å². The molecule has 1 aromatic heterocycles. The average molecular weight is 626 g/mol. The van der Waals surface area contributed by atoms with E-state index in [0.717, 1.165) is 0 Å². The van der Waals surface area contributed by atoms with E-state index in [9.17, 15) is 14.4 Å². The summed E-state index contributed by atoms with van der Waals surface area (Å²) in [6, 6.07) is 11.6. The van der Waals surface area contributed by atoms with E-state index in [0.29, 0.717) is 75.6 Å². The number of esters is 1. The van der Waals surface area contributed by atoms with Crippen molar-refractivity contribution in [3.8, 4) is 11.5 Å². The highest BCUT2D eigenvalue weighted by atomic mass is 35.5. The van der Waals surface area contributed by atoms with E-state index >= 15 is 0 Å². The van der Waals surface area contributed by atoms with E-state index in [-0.39, 0.29) is 30.3 Å². The van der Waals surface area contributed by atoms with Gasteiger partial charge in [-0.2, -0.15) is 0 Å². The lowest BCUT2D eigenvalue weighted by Crippen LogP contribution is -2.43. The fourth-order valence-electron chi connectivity index (χ4n) is 4.98. The van der Waals surface area contributed by atoms with Crippen LogP contribution in [-0.2, 0) is 19.1 Å². The molecule has 1 fully saturated rings. The van der Waals surface area contributed by atoms with Gasteiger partial charge in [-0.15, -0.1) is 0 Å². The van der Waals surface area contributed by atoms with Crippen LogP contribution in [0.3, 0.4) is 0 Å². The first-order chi connectivity index (χ1) is 20.8. The number of aromatic nitrogens is 1. The first-order valence-corrected chi connectivity index (χ1v) is 15.2. The number of amides is 1. The summed E-state index contributed by atoms with van der Waals surface area (Å²) in [5.74, 6) is 0.206. The van der Waals surface area contributed by atoms with E-state index in [4.69, 9.17) is 30.5 Å². The van der Waals surface area contributed by atoms with Gasteiger partial charge in [0, 0.05) is 18.1 Å². The van der Waals surface area contributed by atoms with E-state index in [1.807, 2.05) is 13.0 Å². The Morgan fingerprint density at radius 1 is 1.09 bits per heavy atom. The van der Waals surface area contributed by atoms with Crippen LogP contribution in [0.5, 0.6) is 11.5 Å². The van der Waals surface area contributed by atoms with Crippen LogP contribution in [0.4, 0.5) is 0 Å². The molecule has 0 spiro atoms. The highest BCUT2D eigenvalue weighted by Gasteiger charge is 2.34. The Bertz CT molecular complexity index is 1740. The molecule has 12 heteroatoms. The number of ether oxygens (including phenoxy) is 4. The second-order valence-electron chi connectivity index (χ2n) is 9.74. The fourth-order valence-corrected chi connectivity index (χ4v) is 6.27. The summed E-state index contributed by atoms with van der Waals surface area (Å²) in [5.41, 5.74) is 1.69. The lowest BCUT2D eigenvalue weighted by atomic mass is 9.96. The number of fused-ring (bicyclic) bond motifs is 1. The number of carbonyl (C=O) groups is 2. The maximum Gasteiger partial charge on any atom is 0.338 e. The Balaban J connectivity index is 1.51. The summed E-state index contributed by atoms with van der Waals surface area (Å²) in [6.07, 6.45) is 1.74. The van der Waals surface area contributed by atoms with Crippen molar-refractivity contribution in [3.05, 3.63) is 89.6 Å². The number of benzene rings is 2. The topological polar surface area (TPSA) is 109 Å².